The second-order valence-corrected chi connectivity index (χ2v) is 5.38. The molecule has 0 radical (unpaired) electrons. The number of allylic oxidation sites excluding steroid dienone is 3. The number of ether oxygens (including phenoxy) is 1. The smallest absolute Gasteiger partial charge is 0.0683 e. The molecule has 98 valence electrons. The van der Waals surface area contributed by atoms with Crippen molar-refractivity contribution in [3.8, 4) is 0 Å². The van der Waals surface area contributed by atoms with E-state index in [-0.39, 0.29) is 0 Å². The highest BCUT2D eigenvalue weighted by Crippen LogP contribution is 2.16. The van der Waals surface area contributed by atoms with Crippen LogP contribution >= 0.6 is 9.24 Å². The van der Waals surface area contributed by atoms with Gasteiger partial charge in [0.1, 0.15) is 0 Å². The average molecular weight is 255 g/mol. The second-order valence-electron chi connectivity index (χ2n) is 4.75. The first-order chi connectivity index (χ1) is 8.24. The standard InChI is InChI=1S/C14H26NOP/c1-3-4-5-14(17)12(2)10-16-11-13-6-8-15-9-7-13/h4-5,13,15H,3,6-11,17H2,1-2H3/b5-4-,14-12-. The second kappa shape index (κ2) is 8.85. The zero-order valence-corrected chi connectivity index (χ0v) is 12.3. The maximum absolute atomic E-state index is 5.80. The Balaban J connectivity index is 2.22. The van der Waals surface area contributed by atoms with Gasteiger partial charge in [0.2, 0.25) is 0 Å². The summed E-state index contributed by atoms with van der Waals surface area (Å²) in [5, 5.41) is 4.64. The van der Waals surface area contributed by atoms with Gasteiger partial charge in [-0.15, -0.1) is 9.24 Å². The lowest BCUT2D eigenvalue weighted by Gasteiger charge is -2.22. The molecule has 1 heterocycles. The molecule has 0 bridgehead atoms. The Morgan fingerprint density at radius 2 is 2.12 bits per heavy atom. The first-order valence-corrected chi connectivity index (χ1v) is 7.22. The molecule has 1 atom stereocenters. The van der Waals surface area contributed by atoms with Gasteiger partial charge in [0.15, 0.2) is 0 Å². The maximum atomic E-state index is 5.80. The first kappa shape index (κ1) is 14.9. The molecule has 1 unspecified atom stereocenters. The molecule has 2 nitrogen and oxygen atoms in total. The van der Waals surface area contributed by atoms with Gasteiger partial charge in [-0.25, -0.2) is 0 Å². The van der Waals surface area contributed by atoms with Crippen LogP contribution in [0.15, 0.2) is 23.0 Å². The molecule has 1 aliphatic rings. The van der Waals surface area contributed by atoms with Crippen molar-refractivity contribution < 1.29 is 4.74 Å². The van der Waals surface area contributed by atoms with E-state index < -0.39 is 0 Å². The molecule has 1 saturated heterocycles. The van der Waals surface area contributed by atoms with E-state index >= 15 is 0 Å². The predicted octanol–water partition coefficient (Wildman–Crippen LogP) is 3.12. The largest absolute Gasteiger partial charge is 0.377 e. The van der Waals surface area contributed by atoms with Crippen molar-refractivity contribution in [2.45, 2.75) is 33.1 Å². The van der Waals surface area contributed by atoms with Gasteiger partial charge in [0, 0.05) is 6.61 Å². The summed E-state index contributed by atoms with van der Waals surface area (Å²) in [6.45, 7) is 8.27. The van der Waals surface area contributed by atoms with E-state index in [4.69, 9.17) is 4.74 Å². The molecule has 0 saturated carbocycles. The average Bonchev–Trinajstić information content (AvgIpc) is 2.37. The summed E-state index contributed by atoms with van der Waals surface area (Å²) in [6, 6.07) is 0. The quantitative estimate of drug-likeness (QED) is 0.581. The molecule has 1 rings (SSSR count). The minimum atomic E-state index is 0.753. The third kappa shape index (κ3) is 6.35. The van der Waals surface area contributed by atoms with Crippen LogP contribution in [0.3, 0.4) is 0 Å². The van der Waals surface area contributed by atoms with Crippen molar-refractivity contribution in [2.24, 2.45) is 5.92 Å². The van der Waals surface area contributed by atoms with E-state index in [1.165, 1.54) is 23.7 Å². The summed E-state index contributed by atoms with van der Waals surface area (Å²) in [7, 11) is 2.79. The van der Waals surface area contributed by atoms with Crippen LogP contribution in [-0.4, -0.2) is 26.3 Å². The van der Waals surface area contributed by atoms with Gasteiger partial charge in [-0.1, -0.05) is 19.1 Å². The maximum Gasteiger partial charge on any atom is 0.0683 e. The van der Waals surface area contributed by atoms with Crippen molar-refractivity contribution in [1.82, 2.24) is 5.32 Å². The molecule has 1 N–H and O–H groups in total. The fraction of sp³-hybridized carbons (Fsp3) is 0.714. The minimum absolute atomic E-state index is 0.753. The molecule has 0 aliphatic carbocycles. The molecule has 0 aromatic heterocycles. The van der Waals surface area contributed by atoms with Crippen LogP contribution in [0.5, 0.6) is 0 Å². The molecule has 3 heteroatoms. The Morgan fingerprint density at radius 1 is 1.41 bits per heavy atom. The topological polar surface area (TPSA) is 21.3 Å². The number of rotatable bonds is 6. The minimum Gasteiger partial charge on any atom is -0.377 e. The summed E-state index contributed by atoms with van der Waals surface area (Å²) >= 11 is 0. The number of hydrogen-bond donors (Lipinski definition) is 1. The summed E-state index contributed by atoms with van der Waals surface area (Å²) in [5.74, 6) is 0.753. The molecule has 1 aliphatic heterocycles. The Hall–Kier alpha value is -0.170. The fourth-order valence-corrected chi connectivity index (χ4v) is 2.12. The normalized spacial score (nSPS) is 19.7. The Morgan fingerprint density at radius 3 is 2.76 bits per heavy atom. The van der Waals surface area contributed by atoms with E-state index in [0.717, 1.165) is 38.6 Å². The number of piperidine rings is 1. The van der Waals surface area contributed by atoms with Crippen molar-refractivity contribution in [2.75, 3.05) is 26.3 Å². The van der Waals surface area contributed by atoms with Crippen molar-refractivity contribution in [3.05, 3.63) is 23.0 Å². The van der Waals surface area contributed by atoms with Crippen molar-refractivity contribution in [3.63, 3.8) is 0 Å². The van der Waals surface area contributed by atoms with Crippen LogP contribution in [0.2, 0.25) is 0 Å². The van der Waals surface area contributed by atoms with Gasteiger partial charge < -0.3 is 10.1 Å². The van der Waals surface area contributed by atoms with E-state index in [2.05, 4.69) is 40.6 Å². The van der Waals surface area contributed by atoms with Gasteiger partial charge in [-0.3, -0.25) is 0 Å². The lowest BCUT2D eigenvalue weighted by Crippen LogP contribution is -2.30. The molecule has 0 aromatic carbocycles. The van der Waals surface area contributed by atoms with Crippen LogP contribution in [0.1, 0.15) is 33.1 Å². The predicted molar refractivity (Wildman–Crippen MR) is 78.3 cm³/mol. The third-order valence-corrected chi connectivity index (χ3v) is 3.84. The van der Waals surface area contributed by atoms with Crippen molar-refractivity contribution >= 4 is 9.24 Å². The SMILES string of the molecule is CC/C=C\C(P)=C(/C)COCC1CCNCC1. The highest BCUT2D eigenvalue weighted by Gasteiger charge is 2.12. The van der Waals surface area contributed by atoms with Gasteiger partial charge in [0.25, 0.3) is 0 Å². The van der Waals surface area contributed by atoms with Crippen LogP contribution in [0.4, 0.5) is 0 Å². The molecule has 0 amide bonds. The number of nitrogens with one attached hydrogen (secondary N) is 1. The summed E-state index contributed by atoms with van der Waals surface area (Å²) in [4.78, 5) is 0. The van der Waals surface area contributed by atoms with Gasteiger partial charge in [-0.2, -0.15) is 0 Å². The molecule has 0 spiro atoms. The lowest BCUT2D eigenvalue weighted by molar-refractivity contribution is 0.104. The first-order valence-electron chi connectivity index (χ1n) is 6.64. The van der Waals surface area contributed by atoms with Crippen LogP contribution in [-0.2, 0) is 4.74 Å². The summed E-state index contributed by atoms with van der Waals surface area (Å²) in [6.07, 6.45) is 7.94. The van der Waals surface area contributed by atoms with Crippen molar-refractivity contribution in [1.29, 1.82) is 0 Å². The van der Waals surface area contributed by atoms with E-state index in [1.54, 1.807) is 0 Å². The van der Waals surface area contributed by atoms with Crippen LogP contribution < -0.4 is 5.32 Å². The highest BCUT2D eigenvalue weighted by molar-refractivity contribution is 7.23. The molecule has 1 fully saturated rings. The van der Waals surface area contributed by atoms with Gasteiger partial charge >= 0.3 is 0 Å². The zero-order chi connectivity index (χ0) is 12.5. The third-order valence-electron chi connectivity index (χ3n) is 3.16. The van der Waals surface area contributed by atoms with E-state index in [9.17, 15) is 0 Å². The fourth-order valence-electron chi connectivity index (χ4n) is 1.90. The summed E-state index contributed by atoms with van der Waals surface area (Å²) < 4.78 is 5.80. The van der Waals surface area contributed by atoms with Gasteiger partial charge in [0.05, 0.1) is 6.61 Å². The summed E-state index contributed by atoms with van der Waals surface area (Å²) in [5.41, 5.74) is 1.31. The molecular formula is C14H26NOP. The van der Waals surface area contributed by atoms with Crippen LogP contribution in [0, 0.1) is 5.92 Å². The van der Waals surface area contributed by atoms with Gasteiger partial charge in [-0.05, 0) is 56.1 Å². The molecular weight excluding hydrogens is 229 g/mol. The van der Waals surface area contributed by atoms with E-state index in [1.807, 2.05) is 0 Å². The Kier molecular flexibility index (Phi) is 7.75. The zero-order valence-electron chi connectivity index (χ0n) is 11.2. The number of hydrogen-bond acceptors (Lipinski definition) is 2. The lowest BCUT2D eigenvalue weighted by atomic mass is 9.99. The molecule has 17 heavy (non-hydrogen) atoms. The monoisotopic (exact) mass is 255 g/mol. The Labute approximate surface area is 108 Å². The highest BCUT2D eigenvalue weighted by atomic mass is 31.0. The Bertz CT molecular complexity index is 267. The van der Waals surface area contributed by atoms with E-state index in [0.29, 0.717) is 0 Å². The molecule has 0 aromatic rings. The van der Waals surface area contributed by atoms with Crippen LogP contribution in [0.25, 0.3) is 0 Å².